The van der Waals surface area contributed by atoms with Gasteiger partial charge in [-0.2, -0.15) is 4.98 Å². The number of hydrogen-bond donors (Lipinski definition) is 2. The molecule has 8 nitrogen and oxygen atoms in total. The highest BCUT2D eigenvalue weighted by Gasteiger charge is 2.39. The Balaban J connectivity index is 1.79. The summed E-state index contributed by atoms with van der Waals surface area (Å²) >= 11 is 0. The van der Waals surface area contributed by atoms with E-state index in [0.717, 1.165) is 32.1 Å². The second-order valence-corrected chi connectivity index (χ2v) is 6.66. The quantitative estimate of drug-likeness (QED) is 0.831. The molecule has 8 heteroatoms. The molecule has 1 aromatic heterocycles. The van der Waals surface area contributed by atoms with Crippen LogP contribution in [-0.2, 0) is 10.3 Å². The molecule has 0 spiro atoms. The number of aromatic nitrogens is 2. The van der Waals surface area contributed by atoms with Crippen molar-refractivity contribution in [1.82, 2.24) is 15.5 Å². The fraction of sp³-hybridized carbons (Fsp3) is 0.474. The Kier molecular flexibility index (Phi) is 5.73. The van der Waals surface area contributed by atoms with Crippen LogP contribution in [0.1, 0.15) is 61.1 Å². The SMILES string of the molecule is CCOC(=O)Nc1cccc(C(=O)NC2(c3noc(C)n3)CCCCC2)c1. The lowest BCUT2D eigenvalue weighted by Crippen LogP contribution is -2.48. The van der Waals surface area contributed by atoms with Crippen molar-refractivity contribution >= 4 is 17.7 Å². The van der Waals surface area contributed by atoms with E-state index >= 15 is 0 Å². The lowest BCUT2D eigenvalue weighted by Gasteiger charge is -2.35. The van der Waals surface area contributed by atoms with Gasteiger partial charge in [-0.1, -0.05) is 30.5 Å². The number of ether oxygens (including phenoxy) is 1. The van der Waals surface area contributed by atoms with Gasteiger partial charge in [0.15, 0.2) is 5.82 Å². The van der Waals surface area contributed by atoms with E-state index in [-0.39, 0.29) is 12.5 Å². The monoisotopic (exact) mass is 372 g/mol. The topological polar surface area (TPSA) is 106 Å². The van der Waals surface area contributed by atoms with Crippen LogP contribution in [0.3, 0.4) is 0 Å². The number of hydrogen-bond acceptors (Lipinski definition) is 6. The zero-order chi connectivity index (χ0) is 19.3. The lowest BCUT2D eigenvalue weighted by molar-refractivity contribution is 0.0855. The molecule has 2 amide bonds. The van der Waals surface area contributed by atoms with Crippen LogP contribution in [0.4, 0.5) is 10.5 Å². The van der Waals surface area contributed by atoms with Crippen molar-refractivity contribution < 1.29 is 18.8 Å². The fourth-order valence-electron chi connectivity index (χ4n) is 3.37. The van der Waals surface area contributed by atoms with E-state index in [0.29, 0.717) is 23.0 Å². The summed E-state index contributed by atoms with van der Waals surface area (Å²) < 4.78 is 10.0. The van der Waals surface area contributed by atoms with E-state index in [9.17, 15) is 9.59 Å². The molecule has 1 aromatic carbocycles. The molecule has 0 unspecified atom stereocenters. The molecule has 144 valence electrons. The first-order valence-corrected chi connectivity index (χ1v) is 9.19. The van der Waals surface area contributed by atoms with Crippen molar-refractivity contribution in [3.8, 4) is 0 Å². The van der Waals surface area contributed by atoms with Gasteiger partial charge in [0.05, 0.1) is 6.61 Å². The summed E-state index contributed by atoms with van der Waals surface area (Å²) in [5, 5.41) is 9.78. The molecule has 2 aromatic rings. The molecule has 1 saturated carbocycles. The van der Waals surface area contributed by atoms with Crippen LogP contribution in [0.15, 0.2) is 28.8 Å². The number of aryl methyl sites for hydroxylation is 1. The molecule has 0 radical (unpaired) electrons. The van der Waals surface area contributed by atoms with Gasteiger partial charge in [-0.3, -0.25) is 10.1 Å². The minimum absolute atomic E-state index is 0.244. The average molecular weight is 372 g/mol. The predicted molar refractivity (Wildman–Crippen MR) is 98.4 cm³/mol. The third-order valence-corrected chi connectivity index (χ3v) is 4.66. The van der Waals surface area contributed by atoms with Crippen molar-refractivity contribution in [2.45, 2.75) is 51.5 Å². The van der Waals surface area contributed by atoms with Crippen LogP contribution >= 0.6 is 0 Å². The Morgan fingerprint density at radius 1 is 1.26 bits per heavy atom. The highest BCUT2D eigenvalue weighted by molar-refractivity contribution is 5.96. The molecule has 3 rings (SSSR count). The van der Waals surface area contributed by atoms with Gasteiger partial charge in [0.1, 0.15) is 5.54 Å². The Labute approximate surface area is 157 Å². The normalized spacial score (nSPS) is 15.8. The van der Waals surface area contributed by atoms with Crippen LogP contribution in [0.25, 0.3) is 0 Å². The molecule has 27 heavy (non-hydrogen) atoms. The van der Waals surface area contributed by atoms with Gasteiger partial charge in [-0.25, -0.2) is 4.79 Å². The van der Waals surface area contributed by atoms with E-state index in [4.69, 9.17) is 9.26 Å². The van der Waals surface area contributed by atoms with Crippen LogP contribution in [0.5, 0.6) is 0 Å². The highest BCUT2D eigenvalue weighted by atomic mass is 16.5. The van der Waals surface area contributed by atoms with Crippen LogP contribution < -0.4 is 10.6 Å². The zero-order valence-corrected chi connectivity index (χ0v) is 15.6. The van der Waals surface area contributed by atoms with Gasteiger partial charge in [0.25, 0.3) is 5.91 Å². The molecular weight excluding hydrogens is 348 g/mol. The van der Waals surface area contributed by atoms with Crippen molar-refractivity contribution in [3.63, 3.8) is 0 Å². The first-order valence-electron chi connectivity index (χ1n) is 9.19. The first-order chi connectivity index (χ1) is 13.0. The van der Waals surface area contributed by atoms with Crippen molar-refractivity contribution in [2.24, 2.45) is 0 Å². The van der Waals surface area contributed by atoms with E-state index in [1.54, 1.807) is 38.1 Å². The largest absolute Gasteiger partial charge is 0.450 e. The summed E-state index contributed by atoms with van der Waals surface area (Å²) in [6, 6.07) is 6.73. The third kappa shape index (κ3) is 4.45. The molecule has 0 bridgehead atoms. The second kappa shape index (κ2) is 8.20. The maximum atomic E-state index is 12.9. The number of rotatable bonds is 5. The Bertz CT molecular complexity index is 812. The number of carbonyl (C=O) groups is 2. The van der Waals surface area contributed by atoms with Gasteiger partial charge in [-0.15, -0.1) is 0 Å². The van der Waals surface area contributed by atoms with Crippen molar-refractivity contribution in [3.05, 3.63) is 41.5 Å². The maximum absolute atomic E-state index is 12.9. The fourth-order valence-corrected chi connectivity index (χ4v) is 3.37. The molecule has 1 heterocycles. The summed E-state index contributed by atoms with van der Waals surface area (Å²) in [6.45, 7) is 3.74. The van der Waals surface area contributed by atoms with Crippen molar-refractivity contribution in [2.75, 3.05) is 11.9 Å². The molecule has 0 saturated heterocycles. The predicted octanol–water partition coefficient (Wildman–Crippen LogP) is 3.54. The second-order valence-electron chi connectivity index (χ2n) is 6.66. The standard InChI is InChI=1S/C19H24N4O4/c1-3-26-18(25)21-15-9-7-8-14(12-15)16(24)22-19(10-5-4-6-11-19)17-20-13(2)27-23-17/h7-9,12H,3-6,10-11H2,1-2H3,(H,21,25)(H,22,24). The van der Waals surface area contributed by atoms with E-state index in [1.165, 1.54) is 0 Å². The van der Waals surface area contributed by atoms with Gasteiger partial charge in [0.2, 0.25) is 5.89 Å². The third-order valence-electron chi connectivity index (χ3n) is 4.66. The lowest BCUT2D eigenvalue weighted by atomic mass is 9.80. The van der Waals surface area contributed by atoms with Gasteiger partial charge >= 0.3 is 6.09 Å². The summed E-state index contributed by atoms with van der Waals surface area (Å²) in [5.41, 5.74) is 0.307. The Morgan fingerprint density at radius 3 is 2.70 bits per heavy atom. The molecule has 2 N–H and O–H groups in total. The zero-order valence-electron chi connectivity index (χ0n) is 15.6. The van der Waals surface area contributed by atoms with E-state index < -0.39 is 11.6 Å². The molecule has 0 atom stereocenters. The molecule has 0 aliphatic heterocycles. The summed E-state index contributed by atoms with van der Waals surface area (Å²) in [5.74, 6) is 0.755. The molecule has 1 aliphatic rings. The van der Waals surface area contributed by atoms with Crippen LogP contribution in [0.2, 0.25) is 0 Å². The maximum Gasteiger partial charge on any atom is 0.411 e. The minimum atomic E-state index is -0.627. The van der Waals surface area contributed by atoms with Gasteiger partial charge in [0, 0.05) is 18.2 Å². The van der Waals surface area contributed by atoms with E-state index in [1.807, 2.05) is 0 Å². The number of nitrogens with zero attached hydrogens (tertiary/aromatic N) is 2. The van der Waals surface area contributed by atoms with Crippen molar-refractivity contribution in [1.29, 1.82) is 0 Å². The number of nitrogens with one attached hydrogen (secondary N) is 2. The summed E-state index contributed by atoms with van der Waals surface area (Å²) in [7, 11) is 0. The smallest absolute Gasteiger partial charge is 0.411 e. The first kappa shape index (κ1) is 18.9. The van der Waals surface area contributed by atoms with E-state index in [2.05, 4.69) is 20.8 Å². The van der Waals surface area contributed by atoms with Gasteiger partial charge in [-0.05, 0) is 38.0 Å². The van der Waals surface area contributed by atoms with Crippen LogP contribution in [0, 0.1) is 6.92 Å². The number of amides is 2. The van der Waals surface area contributed by atoms with Gasteiger partial charge < -0.3 is 14.6 Å². The number of carbonyl (C=O) groups excluding carboxylic acids is 2. The number of benzene rings is 1. The summed E-state index contributed by atoms with van der Waals surface area (Å²) in [6.07, 6.45) is 4.06. The molecule has 1 fully saturated rings. The average Bonchev–Trinajstić information content (AvgIpc) is 3.10. The molecule has 1 aliphatic carbocycles. The summed E-state index contributed by atoms with van der Waals surface area (Å²) in [4.78, 5) is 28.9. The van der Waals surface area contributed by atoms with Crippen LogP contribution in [-0.4, -0.2) is 28.7 Å². The Morgan fingerprint density at radius 2 is 2.04 bits per heavy atom. The number of anilines is 1. The Hall–Kier alpha value is -2.90. The minimum Gasteiger partial charge on any atom is -0.450 e. The highest BCUT2D eigenvalue weighted by Crippen LogP contribution is 2.36. The molecular formula is C19H24N4O4.